The SMILES string of the molecule is COC(=O)CNc1ncc(Cl)c(=O)[nH]1. The molecule has 14 heavy (non-hydrogen) atoms. The predicted molar refractivity (Wildman–Crippen MR) is 50.4 cm³/mol. The van der Waals surface area contributed by atoms with E-state index in [-0.39, 0.29) is 17.5 Å². The van der Waals surface area contributed by atoms with E-state index in [0.717, 1.165) is 0 Å². The van der Waals surface area contributed by atoms with Gasteiger partial charge in [-0.2, -0.15) is 0 Å². The molecule has 0 aromatic carbocycles. The van der Waals surface area contributed by atoms with Crippen LogP contribution < -0.4 is 10.9 Å². The van der Waals surface area contributed by atoms with Crippen LogP contribution in [0.5, 0.6) is 0 Å². The first-order chi connectivity index (χ1) is 6.63. The number of aromatic nitrogens is 2. The van der Waals surface area contributed by atoms with Crippen molar-refractivity contribution in [3.05, 3.63) is 21.6 Å². The van der Waals surface area contributed by atoms with E-state index in [1.165, 1.54) is 13.3 Å². The summed E-state index contributed by atoms with van der Waals surface area (Å²) in [7, 11) is 1.27. The molecule has 6 nitrogen and oxygen atoms in total. The molecule has 7 heteroatoms. The lowest BCUT2D eigenvalue weighted by Crippen LogP contribution is -2.19. The quantitative estimate of drug-likeness (QED) is 0.697. The second-order valence-corrected chi connectivity index (χ2v) is 2.75. The number of hydrogen-bond acceptors (Lipinski definition) is 5. The van der Waals surface area contributed by atoms with Gasteiger partial charge in [0, 0.05) is 0 Å². The summed E-state index contributed by atoms with van der Waals surface area (Å²) in [5.41, 5.74) is -0.464. The van der Waals surface area contributed by atoms with Crippen molar-refractivity contribution >= 4 is 23.5 Å². The minimum atomic E-state index is -0.464. The molecular formula is C7H8ClN3O3. The first-order valence-electron chi connectivity index (χ1n) is 3.69. The normalized spacial score (nSPS) is 9.57. The number of methoxy groups -OCH3 is 1. The topological polar surface area (TPSA) is 84.1 Å². The smallest absolute Gasteiger partial charge is 0.325 e. The summed E-state index contributed by atoms with van der Waals surface area (Å²) in [6, 6.07) is 0. The van der Waals surface area contributed by atoms with Crippen molar-refractivity contribution < 1.29 is 9.53 Å². The highest BCUT2D eigenvalue weighted by molar-refractivity contribution is 6.30. The van der Waals surface area contributed by atoms with E-state index < -0.39 is 11.5 Å². The van der Waals surface area contributed by atoms with E-state index in [9.17, 15) is 9.59 Å². The van der Waals surface area contributed by atoms with Crippen LogP contribution >= 0.6 is 11.6 Å². The van der Waals surface area contributed by atoms with Crippen molar-refractivity contribution in [2.45, 2.75) is 0 Å². The van der Waals surface area contributed by atoms with Gasteiger partial charge in [-0.1, -0.05) is 11.6 Å². The number of rotatable bonds is 3. The first kappa shape index (κ1) is 10.5. The van der Waals surface area contributed by atoms with Crippen LogP contribution in [0.4, 0.5) is 5.95 Å². The Hall–Kier alpha value is -1.56. The van der Waals surface area contributed by atoms with E-state index >= 15 is 0 Å². The second-order valence-electron chi connectivity index (χ2n) is 2.34. The summed E-state index contributed by atoms with van der Waals surface area (Å²) in [6.45, 7) is -0.0684. The summed E-state index contributed by atoms with van der Waals surface area (Å²) in [6.07, 6.45) is 1.19. The van der Waals surface area contributed by atoms with Crippen LogP contribution in [-0.4, -0.2) is 29.6 Å². The molecule has 0 radical (unpaired) electrons. The number of H-pyrrole nitrogens is 1. The molecule has 1 rings (SSSR count). The molecule has 0 saturated heterocycles. The molecule has 0 saturated carbocycles. The Morgan fingerprint density at radius 2 is 2.50 bits per heavy atom. The molecular weight excluding hydrogens is 210 g/mol. The Morgan fingerprint density at radius 1 is 1.79 bits per heavy atom. The van der Waals surface area contributed by atoms with Gasteiger partial charge in [0.05, 0.1) is 13.3 Å². The molecule has 1 heterocycles. The molecule has 1 aromatic rings. The molecule has 0 bridgehead atoms. The van der Waals surface area contributed by atoms with Gasteiger partial charge in [-0.25, -0.2) is 4.98 Å². The molecule has 0 amide bonds. The number of hydrogen-bond donors (Lipinski definition) is 2. The van der Waals surface area contributed by atoms with E-state index in [0.29, 0.717) is 0 Å². The molecule has 0 unspecified atom stereocenters. The van der Waals surface area contributed by atoms with Gasteiger partial charge in [0.1, 0.15) is 11.6 Å². The van der Waals surface area contributed by atoms with Crippen molar-refractivity contribution in [2.24, 2.45) is 0 Å². The van der Waals surface area contributed by atoms with Gasteiger partial charge in [0.15, 0.2) is 0 Å². The summed E-state index contributed by atoms with van der Waals surface area (Å²) in [5.74, 6) is -0.285. The van der Waals surface area contributed by atoms with Gasteiger partial charge in [-0.15, -0.1) is 0 Å². The number of carbonyl (C=O) groups excluding carboxylic acids is 1. The lowest BCUT2D eigenvalue weighted by atomic mass is 10.6. The van der Waals surface area contributed by atoms with E-state index in [4.69, 9.17) is 11.6 Å². The largest absolute Gasteiger partial charge is 0.468 e. The van der Waals surface area contributed by atoms with Gasteiger partial charge in [0.25, 0.3) is 5.56 Å². The Balaban J connectivity index is 2.65. The molecule has 0 spiro atoms. The van der Waals surface area contributed by atoms with E-state index in [1.54, 1.807) is 0 Å². The Labute approximate surface area is 84.3 Å². The minimum Gasteiger partial charge on any atom is -0.468 e. The van der Waals surface area contributed by atoms with Gasteiger partial charge in [-0.05, 0) is 0 Å². The molecule has 2 N–H and O–H groups in total. The number of anilines is 1. The Bertz CT molecular complexity index is 390. The standard InChI is InChI=1S/C7H8ClN3O3/c1-14-5(12)3-10-7-9-2-4(8)6(13)11-7/h2H,3H2,1H3,(H2,9,10,11,13). The number of nitrogens with zero attached hydrogens (tertiary/aromatic N) is 1. The molecule has 76 valence electrons. The summed E-state index contributed by atoms with van der Waals surface area (Å²) in [4.78, 5) is 27.8. The van der Waals surface area contributed by atoms with Gasteiger partial charge in [-0.3, -0.25) is 14.6 Å². The van der Waals surface area contributed by atoms with Gasteiger partial charge in [0.2, 0.25) is 5.95 Å². The van der Waals surface area contributed by atoms with Gasteiger partial charge >= 0.3 is 5.97 Å². The number of esters is 1. The molecule has 0 aliphatic carbocycles. The van der Waals surface area contributed by atoms with Crippen molar-refractivity contribution in [1.82, 2.24) is 9.97 Å². The fourth-order valence-electron chi connectivity index (χ4n) is 0.697. The number of halogens is 1. The third-order valence-corrected chi connectivity index (χ3v) is 1.65. The van der Waals surface area contributed by atoms with Crippen molar-refractivity contribution in [1.29, 1.82) is 0 Å². The first-order valence-corrected chi connectivity index (χ1v) is 4.07. The lowest BCUT2D eigenvalue weighted by Gasteiger charge is -2.02. The van der Waals surface area contributed by atoms with Crippen molar-refractivity contribution in [3.63, 3.8) is 0 Å². The summed E-state index contributed by atoms with van der Waals surface area (Å²) in [5, 5.41) is 2.56. The number of aromatic amines is 1. The highest BCUT2D eigenvalue weighted by atomic mass is 35.5. The zero-order valence-corrected chi connectivity index (χ0v) is 8.09. The van der Waals surface area contributed by atoms with Crippen LogP contribution in [0.3, 0.4) is 0 Å². The Morgan fingerprint density at radius 3 is 3.07 bits per heavy atom. The third-order valence-electron chi connectivity index (χ3n) is 1.38. The molecule has 0 aliphatic rings. The predicted octanol–water partition coefficient (Wildman–Crippen LogP) is 0.00820. The maximum atomic E-state index is 11.0. The molecule has 0 aliphatic heterocycles. The lowest BCUT2D eigenvalue weighted by molar-refractivity contribution is -0.138. The van der Waals surface area contributed by atoms with Crippen LogP contribution in [-0.2, 0) is 9.53 Å². The number of ether oxygens (including phenoxy) is 1. The highest BCUT2D eigenvalue weighted by Crippen LogP contribution is 1.99. The average Bonchev–Trinajstić information content (AvgIpc) is 2.19. The highest BCUT2D eigenvalue weighted by Gasteiger charge is 2.02. The fraction of sp³-hybridized carbons (Fsp3) is 0.286. The molecule has 0 fully saturated rings. The third kappa shape index (κ3) is 2.74. The van der Waals surface area contributed by atoms with Crippen molar-refractivity contribution in [3.8, 4) is 0 Å². The van der Waals surface area contributed by atoms with Crippen LogP contribution in [0, 0.1) is 0 Å². The number of nitrogens with one attached hydrogen (secondary N) is 2. The Kier molecular flexibility index (Phi) is 3.47. The average molecular weight is 218 g/mol. The van der Waals surface area contributed by atoms with Crippen LogP contribution in [0.25, 0.3) is 0 Å². The zero-order valence-electron chi connectivity index (χ0n) is 7.33. The molecule has 1 aromatic heterocycles. The second kappa shape index (κ2) is 4.61. The minimum absolute atomic E-state index is 0.00591. The van der Waals surface area contributed by atoms with Crippen LogP contribution in [0.2, 0.25) is 5.02 Å². The van der Waals surface area contributed by atoms with E-state index in [2.05, 4.69) is 20.0 Å². The molecule has 0 atom stereocenters. The number of carbonyl (C=O) groups is 1. The zero-order chi connectivity index (χ0) is 10.6. The summed E-state index contributed by atoms with van der Waals surface area (Å²) >= 11 is 5.44. The maximum Gasteiger partial charge on any atom is 0.325 e. The van der Waals surface area contributed by atoms with Gasteiger partial charge < -0.3 is 10.1 Å². The van der Waals surface area contributed by atoms with Crippen LogP contribution in [0.15, 0.2) is 11.0 Å². The van der Waals surface area contributed by atoms with Crippen molar-refractivity contribution in [2.75, 3.05) is 19.0 Å². The van der Waals surface area contributed by atoms with Crippen LogP contribution in [0.1, 0.15) is 0 Å². The monoisotopic (exact) mass is 217 g/mol. The fourth-order valence-corrected chi connectivity index (χ4v) is 0.793. The van der Waals surface area contributed by atoms with E-state index in [1.807, 2.05) is 0 Å². The maximum absolute atomic E-state index is 11.0. The summed E-state index contributed by atoms with van der Waals surface area (Å²) < 4.78 is 4.38.